The van der Waals surface area contributed by atoms with E-state index in [1.807, 2.05) is 0 Å². The molecule has 0 fully saturated rings. The number of carbonyl (C=O) groups excluding carboxylic acids is 3. The molecule has 0 aliphatic carbocycles. The van der Waals surface area contributed by atoms with Crippen LogP contribution in [0.15, 0.2) is 54.6 Å². The van der Waals surface area contributed by atoms with E-state index in [0.717, 1.165) is 17.7 Å². The zero-order chi connectivity index (χ0) is 29.3. The minimum Gasteiger partial charge on any atom is -0.464 e. The van der Waals surface area contributed by atoms with Gasteiger partial charge in [0, 0.05) is 46.2 Å². The number of nitrogens with one attached hydrogen (secondary N) is 3. The number of H-pyrrole nitrogens is 2. The van der Waals surface area contributed by atoms with Gasteiger partial charge < -0.3 is 24.9 Å². The predicted molar refractivity (Wildman–Crippen MR) is 150 cm³/mol. The highest BCUT2D eigenvalue weighted by molar-refractivity contribution is 6.20. The number of carbonyl (C=O) groups is 3. The highest BCUT2D eigenvalue weighted by Gasteiger charge is 2.34. The summed E-state index contributed by atoms with van der Waals surface area (Å²) in [6, 6.07) is 13.7. The molecular weight excluding hydrogens is 549 g/mol. The second-order valence-corrected chi connectivity index (χ2v) is 10.4. The molecule has 2 amide bonds. The molecule has 2 aliphatic rings. The molecule has 0 atom stereocenters. The van der Waals surface area contributed by atoms with Crippen LogP contribution < -0.4 is 10.2 Å². The number of esters is 1. The summed E-state index contributed by atoms with van der Waals surface area (Å²) in [5.41, 5.74) is 4.10. The van der Waals surface area contributed by atoms with Crippen LogP contribution in [0, 0.1) is 0 Å². The molecule has 5 aromatic rings. The van der Waals surface area contributed by atoms with E-state index in [1.165, 1.54) is 13.2 Å². The maximum absolute atomic E-state index is 14.2. The molecule has 0 bridgehead atoms. The molecule has 11 heteroatoms. The van der Waals surface area contributed by atoms with Gasteiger partial charge in [0.2, 0.25) is 0 Å². The van der Waals surface area contributed by atoms with Crippen LogP contribution >= 0.6 is 0 Å². The number of anilines is 1. The van der Waals surface area contributed by atoms with Gasteiger partial charge in [-0.05, 0) is 65.9 Å². The summed E-state index contributed by atoms with van der Waals surface area (Å²) in [6.07, 6.45) is -3.76. The first-order valence-corrected chi connectivity index (χ1v) is 13.3. The molecule has 3 aromatic carbocycles. The largest absolute Gasteiger partial charge is 0.464 e. The predicted octanol–water partition coefficient (Wildman–Crippen LogP) is 5.61. The van der Waals surface area contributed by atoms with Crippen LogP contribution in [-0.2, 0) is 23.8 Å². The van der Waals surface area contributed by atoms with Crippen LogP contribution in [0.5, 0.6) is 0 Å². The first kappa shape index (κ1) is 25.9. The first-order valence-electron chi connectivity index (χ1n) is 13.3. The lowest BCUT2D eigenvalue weighted by atomic mass is 9.99. The summed E-state index contributed by atoms with van der Waals surface area (Å²) in [5, 5.41) is 4.05. The fraction of sp³-hybridized carbons (Fsp3) is 0.194. The summed E-state index contributed by atoms with van der Waals surface area (Å²) < 4.78 is 45.6. The number of halogens is 3. The normalized spacial score (nSPS) is 15.1. The van der Waals surface area contributed by atoms with Gasteiger partial charge in [-0.3, -0.25) is 9.59 Å². The van der Waals surface area contributed by atoms with Gasteiger partial charge in [0.25, 0.3) is 11.8 Å². The number of benzene rings is 3. The third kappa shape index (κ3) is 3.80. The van der Waals surface area contributed by atoms with Gasteiger partial charge in [-0.1, -0.05) is 18.2 Å². The van der Waals surface area contributed by atoms with E-state index in [2.05, 4.69) is 15.3 Å². The Labute approximate surface area is 236 Å². The van der Waals surface area contributed by atoms with E-state index in [9.17, 15) is 27.6 Å². The molecule has 4 heterocycles. The smallest absolute Gasteiger partial charge is 0.416 e. The van der Waals surface area contributed by atoms with Crippen LogP contribution in [-0.4, -0.2) is 48.0 Å². The molecule has 212 valence electrons. The minimum atomic E-state index is -4.50. The summed E-state index contributed by atoms with van der Waals surface area (Å²) in [4.78, 5) is 47.7. The Morgan fingerprint density at radius 2 is 1.74 bits per heavy atom. The number of aromatic nitrogens is 2. The number of ether oxygens (including phenoxy) is 1. The van der Waals surface area contributed by atoms with E-state index in [-0.39, 0.29) is 24.1 Å². The van der Waals surface area contributed by atoms with Gasteiger partial charge in [0.05, 0.1) is 23.9 Å². The van der Waals surface area contributed by atoms with Gasteiger partial charge in [0.15, 0.2) is 0 Å². The van der Waals surface area contributed by atoms with E-state index in [4.69, 9.17) is 4.74 Å². The van der Waals surface area contributed by atoms with Gasteiger partial charge in [-0.25, -0.2) is 4.79 Å². The third-order valence-corrected chi connectivity index (χ3v) is 8.09. The molecule has 0 unspecified atom stereocenters. The summed E-state index contributed by atoms with van der Waals surface area (Å²) in [5.74, 6) is -1.17. The summed E-state index contributed by atoms with van der Waals surface area (Å²) >= 11 is 0. The number of alkyl halides is 3. The molecule has 42 heavy (non-hydrogen) atoms. The van der Waals surface area contributed by atoms with Gasteiger partial charge >= 0.3 is 12.1 Å². The topological polar surface area (TPSA) is 107 Å². The fourth-order valence-corrected chi connectivity index (χ4v) is 6.24. The van der Waals surface area contributed by atoms with Crippen LogP contribution in [0.25, 0.3) is 33.1 Å². The molecule has 2 aliphatic heterocycles. The highest BCUT2D eigenvalue weighted by atomic mass is 19.4. The van der Waals surface area contributed by atoms with Gasteiger partial charge in [0.1, 0.15) is 5.69 Å². The van der Waals surface area contributed by atoms with Crippen molar-refractivity contribution in [2.45, 2.75) is 19.0 Å². The lowest BCUT2D eigenvalue weighted by Crippen LogP contribution is -2.32. The second-order valence-electron chi connectivity index (χ2n) is 10.4. The zero-order valence-electron chi connectivity index (χ0n) is 22.2. The second kappa shape index (κ2) is 9.23. The SMILES string of the molecule is COC(=O)c1[nH]c2c(N3CCc4c(-c5cccc(C(F)(F)F)c5)[nH]c5cccc(c45)C3=O)ccc3c2c1CCNC3=O. The van der Waals surface area contributed by atoms with Crippen LogP contribution in [0.3, 0.4) is 0 Å². The molecule has 7 rings (SSSR count). The Morgan fingerprint density at radius 1 is 0.929 bits per heavy atom. The van der Waals surface area contributed by atoms with Crippen molar-refractivity contribution in [2.24, 2.45) is 0 Å². The molecule has 0 radical (unpaired) electrons. The summed E-state index contributed by atoms with van der Waals surface area (Å²) in [6.45, 7) is 0.535. The van der Waals surface area contributed by atoms with Crippen molar-refractivity contribution in [3.8, 4) is 11.3 Å². The Morgan fingerprint density at radius 3 is 2.52 bits per heavy atom. The van der Waals surface area contributed by atoms with Crippen molar-refractivity contribution in [1.82, 2.24) is 15.3 Å². The molecule has 2 aromatic heterocycles. The molecule has 0 saturated carbocycles. The van der Waals surface area contributed by atoms with Crippen molar-refractivity contribution in [3.05, 3.63) is 88.1 Å². The van der Waals surface area contributed by atoms with E-state index in [0.29, 0.717) is 74.8 Å². The Kier molecular flexibility index (Phi) is 5.69. The van der Waals surface area contributed by atoms with Crippen LogP contribution in [0.2, 0.25) is 0 Å². The third-order valence-electron chi connectivity index (χ3n) is 8.09. The Hall–Kier alpha value is -5.06. The lowest BCUT2D eigenvalue weighted by Gasteiger charge is -2.23. The first-order chi connectivity index (χ1) is 20.2. The average Bonchev–Trinajstić information content (AvgIpc) is 3.45. The molecule has 0 saturated heterocycles. The minimum absolute atomic E-state index is 0.203. The maximum atomic E-state index is 14.2. The highest BCUT2D eigenvalue weighted by Crippen LogP contribution is 2.41. The van der Waals surface area contributed by atoms with Crippen molar-refractivity contribution >= 4 is 45.3 Å². The number of nitrogens with zero attached hydrogens (tertiary/aromatic N) is 1. The number of hydrogen-bond donors (Lipinski definition) is 3. The maximum Gasteiger partial charge on any atom is 0.416 e. The fourth-order valence-electron chi connectivity index (χ4n) is 6.24. The monoisotopic (exact) mass is 572 g/mol. The van der Waals surface area contributed by atoms with E-state index in [1.54, 1.807) is 41.3 Å². The van der Waals surface area contributed by atoms with Gasteiger partial charge in [-0.2, -0.15) is 13.2 Å². The molecule has 8 nitrogen and oxygen atoms in total. The van der Waals surface area contributed by atoms with E-state index >= 15 is 0 Å². The molecular formula is C31H23F3N4O4. The number of rotatable bonds is 3. The standard InChI is InChI=1S/C31H23F3N4O4/c1-42-30(41)26-17-10-12-35-28(39)19-8-9-22(27(37-26)24(17)19)38-13-11-18-23-20(29(38)40)6-3-7-21(23)36-25(18)15-4-2-5-16(14-15)31(32,33)34/h2-9,14,36-37H,10-13H2,1H3,(H,35,39). The number of methoxy groups -OCH3 is 1. The van der Waals surface area contributed by atoms with Crippen molar-refractivity contribution in [2.75, 3.05) is 25.1 Å². The Balaban J connectivity index is 1.39. The Bertz CT molecular complexity index is 1970. The van der Waals surface area contributed by atoms with Gasteiger partial charge in [-0.15, -0.1) is 0 Å². The molecule has 0 spiro atoms. The average molecular weight is 573 g/mol. The van der Waals surface area contributed by atoms with Crippen LogP contribution in [0.1, 0.15) is 47.9 Å². The quantitative estimate of drug-likeness (QED) is 0.244. The zero-order valence-corrected chi connectivity index (χ0v) is 22.2. The molecule has 3 N–H and O–H groups in total. The van der Waals surface area contributed by atoms with E-state index < -0.39 is 17.7 Å². The van der Waals surface area contributed by atoms with Crippen molar-refractivity contribution in [1.29, 1.82) is 0 Å². The van der Waals surface area contributed by atoms with Crippen LogP contribution in [0.4, 0.5) is 18.9 Å². The van der Waals surface area contributed by atoms with Crippen molar-refractivity contribution < 1.29 is 32.3 Å². The number of amides is 2. The number of hydrogen-bond acceptors (Lipinski definition) is 4. The van der Waals surface area contributed by atoms with Crippen molar-refractivity contribution in [3.63, 3.8) is 0 Å². The summed E-state index contributed by atoms with van der Waals surface area (Å²) in [7, 11) is 1.28. The number of aromatic amines is 2. The lowest BCUT2D eigenvalue weighted by molar-refractivity contribution is -0.137.